The highest BCUT2D eigenvalue weighted by Gasteiger charge is 2.31. The van der Waals surface area contributed by atoms with Gasteiger partial charge in [0.25, 0.3) is 0 Å². The smallest absolute Gasteiger partial charge is 0.242 e. The minimum absolute atomic E-state index is 0.0210. The summed E-state index contributed by atoms with van der Waals surface area (Å²) in [4.78, 5) is 14.1. The zero-order valence-corrected chi connectivity index (χ0v) is 17.1. The Bertz CT molecular complexity index is 779. The van der Waals surface area contributed by atoms with Gasteiger partial charge in [-0.25, -0.2) is 13.1 Å². The Labute approximate surface area is 158 Å². The van der Waals surface area contributed by atoms with E-state index in [1.165, 1.54) is 0 Å². The van der Waals surface area contributed by atoms with Gasteiger partial charge in [-0.05, 0) is 58.8 Å². The predicted octanol–water partition coefficient (Wildman–Crippen LogP) is 3.61. The topological polar surface area (TPSA) is 66.5 Å². The van der Waals surface area contributed by atoms with Gasteiger partial charge in [-0.3, -0.25) is 4.79 Å². The first kappa shape index (κ1) is 18.9. The van der Waals surface area contributed by atoms with E-state index in [1.807, 2.05) is 13.0 Å². The number of rotatable bonds is 4. The lowest BCUT2D eigenvalue weighted by Gasteiger charge is -2.29. The summed E-state index contributed by atoms with van der Waals surface area (Å²) in [5.74, 6) is 0.369. The molecule has 1 aliphatic heterocycles. The van der Waals surface area contributed by atoms with Crippen molar-refractivity contribution in [3.05, 3.63) is 22.2 Å². The molecule has 0 spiro atoms. The van der Waals surface area contributed by atoms with Crippen LogP contribution >= 0.6 is 15.9 Å². The number of carbonyl (C=O) groups excluding carboxylic acids is 1. The first-order chi connectivity index (χ1) is 11.8. The third kappa shape index (κ3) is 3.78. The van der Waals surface area contributed by atoms with E-state index in [0.717, 1.165) is 43.4 Å². The van der Waals surface area contributed by atoms with E-state index in [9.17, 15) is 13.2 Å². The van der Waals surface area contributed by atoms with E-state index in [-0.39, 0.29) is 16.8 Å². The zero-order chi connectivity index (χ0) is 18.2. The molecule has 2 atom stereocenters. The van der Waals surface area contributed by atoms with Gasteiger partial charge in [0, 0.05) is 29.2 Å². The van der Waals surface area contributed by atoms with Gasteiger partial charge in [0.1, 0.15) is 0 Å². The van der Waals surface area contributed by atoms with Crippen LogP contribution < -0.4 is 9.62 Å². The summed E-state index contributed by atoms with van der Waals surface area (Å²) in [6.07, 6.45) is 5.32. The van der Waals surface area contributed by atoms with Crippen LogP contribution in [-0.2, 0) is 21.2 Å². The van der Waals surface area contributed by atoms with Gasteiger partial charge < -0.3 is 4.90 Å². The molecule has 0 aromatic heterocycles. The molecule has 25 heavy (non-hydrogen) atoms. The Morgan fingerprint density at radius 1 is 1.32 bits per heavy atom. The molecule has 5 nitrogen and oxygen atoms in total. The van der Waals surface area contributed by atoms with Gasteiger partial charge in [0.15, 0.2) is 0 Å². The summed E-state index contributed by atoms with van der Waals surface area (Å²) < 4.78 is 29.4. The number of benzene rings is 1. The minimum Gasteiger partial charge on any atom is -0.312 e. The maximum atomic E-state index is 13.0. The molecule has 1 N–H and O–H groups in total. The van der Waals surface area contributed by atoms with Crippen molar-refractivity contribution in [3.8, 4) is 0 Å². The highest BCUT2D eigenvalue weighted by molar-refractivity contribution is 9.10. The lowest BCUT2D eigenvalue weighted by Crippen LogP contribution is -2.41. The van der Waals surface area contributed by atoms with Crippen molar-refractivity contribution in [1.29, 1.82) is 0 Å². The molecule has 0 bridgehead atoms. The van der Waals surface area contributed by atoms with Crippen LogP contribution in [0.2, 0.25) is 0 Å². The first-order valence-electron chi connectivity index (χ1n) is 8.98. The third-order valence-electron chi connectivity index (χ3n) is 5.34. The Balaban J connectivity index is 1.92. The van der Waals surface area contributed by atoms with Crippen molar-refractivity contribution >= 4 is 37.5 Å². The zero-order valence-electron chi connectivity index (χ0n) is 14.7. The number of anilines is 1. The van der Waals surface area contributed by atoms with Crippen molar-refractivity contribution < 1.29 is 13.2 Å². The Morgan fingerprint density at radius 2 is 2.04 bits per heavy atom. The number of carbonyl (C=O) groups is 1. The molecule has 1 fully saturated rings. The van der Waals surface area contributed by atoms with Gasteiger partial charge in [-0.15, -0.1) is 0 Å². The van der Waals surface area contributed by atoms with E-state index in [2.05, 4.69) is 27.6 Å². The number of halogens is 1. The molecule has 1 heterocycles. The molecule has 2 aliphatic rings. The highest BCUT2D eigenvalue weighted by Crippen LogP contribution is 2.36. The molecule has 1 aromatic rings. The summed E-state index contributed by atoms with van der Waals surface area (Å²) in [6, 6.07) is 3.47. The van der Waals surface area contributed by atoms with Crippen LogP contribution in [0.15, 0.2) is 21.5 Å². The van der Waals surface area contributed by atoms with Gasteiger partial charge in [0.05, 0.1) is 4.90 Å². The normalized spacial score (nSPS) is 23.6. The number of hydrogen-bond donors (Lipinski definition) is 1. The lowest BCUT2D eigenvalue weighted by atomic mass is 9.87. The minimum atomic E-state index is -3.64. The van der Waals surface area contributed by atoms with Crippen LogP contribution in [0.3, 0.4) is 0 Å². The number of fused-ring (bicyclic) bond motifs is 1. The SMILES string of the molecule is CCC(=O)N1CCc2cc(Br)c(S(=O)(=O)N[C@H]3CCCC[C@@H]3C)cc21. The molecule has 1 saturated carbocycles. The van der Waals surface area contributed by atoms with Crippen molar-refractivity contribution in [2.24, 2.45) is 5.92 Å². The summed E-state index contributed by atoms with van der Waals surface area (Å²) >= 11 is 3.42. The number of nitrogens with one attached hydrogen (secondary N) is 1. The van der Waals surface area contributed by atoms with E-state index in [1.54, 1.807) is 11.0 Å². The summed E-state index contributed by atoms with van der Waals surface area (Å²) in [6.45, 7) is 4.54. The van der Waals surface area contributed by atoms with Crippen LogP contribution in [0.5, 0.6) is 0 Å². The quantitative estimate of drug-likeness (QED) is 0.796. The fourth-order valence-electron chi connectivity index (χ4n) is 3.80. The number of hydrogen-bond acceptors (Lipinski definition) is 3. The van der Waals surface area contributed by atoms with E-state index < -0.39 is 10.0 Å². The van der Waals surface area contributed by atoms with Crippen molar-refractivity contribution in [2.75, 3.05) is 11.4 Å². The van der Waals surface area contributed by atoms with E-state index >= 15 is 0 Å². The van der Waals surface area contributed by atoms with Crippen molar-refractivity contribution in [2.45, 2.75) is 63.3 Å². The largest absolute Gasteiger partial charge is 0.312 e. The average Bonchev–Trinajstić information content (AvgIpc) is 2.98. The fourth-order valence-corrected chi connectivity index (χ4v) is 6.29. The molecule has 0 radical (unpaired) electrons. The molecule has 0 unspecified atom stereocenters. The number of sulfonamides is 1. The second-order valence-corrected chi connectivity index (χ2v) is 9.59. The molecular formula is C18H25BrN2O3S. The molecule has 1 aliphatic carbocycles. The van der Waals surface area contributed by atoms with Crippen LogP contribution in [0, 0.1) is 5.92 Å². The van der Waals surface area contributed by atoms with Crippen LogP contribution in [0.4, 0.5) is 5.69 Å². The van der Waals surface area contributed by atoms with Gasteiger partial charge >= 0.3 is 0 Å². The average molecular weight is 429 g/mol. The second kappa shape index (κ2) is 7.37. The maximum absolute atomic E-state index is 13.0. The monoisotopic (exact) mass is 428 g/mol. The molecule has 1 amide bonds. The number of amides is 1. The Hall–Kier alpha value is -0.920. The van der Waals surface area contributed by atoms with Crippen LogP contribution in [-0.4, -0.2) is 26.9 Å². The molecule has 1 aromatic carbocycles. The standard InChI is InChI=1S/C18H25BrN2O3S/c1-3-18(22)21-9-8-13-10-14(19)17(11-16(13)21)25(23,24)20-15-7-5-4-6-12(15)2/h10-12,15,20H,3-9H2,1-2H3/t12-,15-/m0/s1. The highest BCUT2D eigenvalue weighted by atomic mass is 79.9. The maximum Gasteiger partial charge on any atom is 0.242 e. The first-order valence-corrected chi connectivity index (χ1v) is 11.3. The third-order valence-corrected chi connectivity index (χ3v) is 7.79. The van der Waals surface area contributed by atoms with Crippen molar-refractivity contribution in [1.82, 2.24) is 4.72 Å². The van der Waals surface area contributed by atoms with Crippen molar-refractivity contribution in [3.63, 3.8) is 0 Å². The second-order valence-electron chi connectivity index (χ2n) is 7.05. The van der Waals surface area contributed by atoms with Crippen LogP contribution in [0.1, 0.15) is 51.5 Å². The fraction of sp³-hybridized carbons (Fsp3) is 0.611. The van der Waals surface area contributed by atoms with Gasteiger partial charge in [-0.1, -0.05) is 26.7 Å². The molecule has 0 saturated heterocycles. The molecule has 7 heteroatoms. The predicted molar refractivity (Wildman–Crippen MR) is 102 cm³/mol. The summed E-state index contributed by atoms with van der Waals surface area (Å²) in [7, 11) is -3.64. The summed E-state index contributed by atoms with van der Waals surface area (Å²) in [5, 5.41) is 0. The van der Waals surface area contributed by atoms with Gasteiger partial charge in [0.2, 0.25) is 15.9 Å². The van der Waals surface area contributed by atoms with E-state index in [0.29, 0.717) is 23.4 Å². The Kier molecular flexibility index (Phi) is 5.56. The summed E-state index contributed by atoms with van der Waals surface area (Å²) in [5.41, 5.74) is 1.74. The lowest BCUT2D eigenvalue weighted by molar-refractivity contribution is -0.118. The van der Waals surface area contributed by atoms with Gasteiger partial charge in [-0.2, -0.15) is 0 Å². The molecule has 138 valence electrons. The van der Waals surface area contributed by atoms with Crippen LogP contribution in [0.25, 0.3) is 0 Å². The molecule has 3 rings (SSSR count). The number of nitrogens with zero attached hydrogens (tertiary/aromatic N) is 1. The molecular weight excluding hydrogens is 404 g/mol. The van der Waals surface area contributed by atoms with E-state index in [4.69, 9.17) is 0 Å². The Morgan fingerprint density at radius 3 is 2.72 bits per heavy atom.